The van der Waals surface area contributed by atoms with E-state index < -0.39 is 12.7 Å². The molecule has 0 radical (unpaired) electrons. The second-order valence-corrected chi connectivity index (χ2v) is 8.10. The van der Waals surface area contributed by atoms with Crippen LogP contribution in [0, 0.1) is 5.92 Å². The maximum Gasteiger partial charge on any atom is 0.401 e. The number of hydrogen-bond donors (Lipinski definition) is 1. The standard InChI is InChI=1S/C19H34F3N5O.HI/c1-4-26(14-19(20,21)22)12-15-9-10-27(13-15)18(23-11-17(28)25(2)3)24-16-7-5-6-8-16;/h15-16H,4-14H2,1-3H3,(H,23,24);1H. The topological polar surface area (TPSA) is 51.2 Å². The Morgan fingerprint density at radius 3 is 2.41 bits per heavy atom. The number of amides is 1. The van der Waals surface area contributed by atoms with E-state index in [0.29, 0.717) is 25.7 Å². The van der Waals surface area contributed by atoms with Crippen molar-refractivity contribution in [3.05, 3.63) is 0 Å². The van der Waals surface area contributed by atoms with E-state index in [1.54, 1.807) is 21.0 Å². The molecule has 29 heavy (non-hydrogen) atoms. The molecule has 2 rings (SSSR count). The highest BCUT2D eigenvalue weighted by Gasteiger charge is 2.33. The molecule has 10 heteroatoms. The van der Waals surface area contributed by atoms with Crippen LogP contribution < -0.4 is 5.32 Å². The van der Waals surface area contributed by atoms with E-state index in [4.69, 9.17) is 0 Å². The molecule has 1 heterocycles. The van der Waals surface area contributed by atoms with E-state index in [9.17, 15) is 18.0 Å². The molecule has 0 aromatic heterocycles. The molecule has 1 aliphatic heterocycles. The lowest BCUT2D eigenvalue weighted by atomic mass is 10.1. The smallest absolute Gasteiger partial charge is 0.353 e. The molecule has 2 fully saturated rings. The number of nitrogens with zero attached hydrogens (tertiary/aromatic N) is 4. The molecule has 0 aromatic rings. The molecule has 1 aliphatic carbocycles. The summed E-state index contributed by atoms with van der Waals surface area (Å²) in [5.74, 6) is 0.828. The molecule has 1 atom stereocenters. The van der Waals surface area contributed by atoms with Gasteiger partial charge in [0.05, 0.1) is 6.54 Å². The Balaban J connectivity index is 0.00000420. The molecule has 0 aromatic carbocycles. The summed E-state index contributed by atoms with van der Waals surface area (Å²) in [6.07, 6.45) is 1.22. The van der Waals surface area contributed by atoms with Crippen molar-refractivity contribution in [2.75, 3.05) is 53.4 Å². The van der Waals surface area contributed by atoms with Crippen molar-refractivity contribution < 1.29 is 18.0 Å². The maximum atomic E-state index is 12.7. The van der Waals surface area contributed by atoms with Crippen LogP contribution in [0.15, 0.2) is 4.99 Å². The third-order valence-electron chi connectivity index (χ3n) is 5.50. The summed E-state index contributed by atoms with van der Waals surface area (Å²) in [4.78, 5) is 21.6. The lowest BCUT2D eigenvalue weighted by molar-refractivity contribution is -0.146. The summed E-state index contributed by atoms with van der Waals surface area (Å²) in [6, 6.07) is 0.365. The van der Waals surface area contributed by atoms with Crippen molar-refractivity contribution in [1.29, 1.82) is 0 Å². The number of alkyl halides is 3. The Kier molecular flexibility index (Phi) is 11.0. The van der Waals surface area contributed by atoms with Crippen molar-refractivity contribution in [1.82, 2.24) is 20.0 Å². The molecule has 0 bridgehead atoms. The van der Waals surface area contributed by atoms with Crippen LogP contribution in [0.2, 0.25) is 0 Å². The molecule has 1 saturated heterocycles. The number of carbonyl (C=O) groups is 1. The van der Waals surface area contributed by atoms with Gasteiger partial charge in [-0.25, -0.2) is 4.99 Å². The SMILES string of the molecule is CCN(CC1CCN(C(=NCC(=O)N(C)C)NC2CCCC2)C1)CC(F)(F)F.I. The minimum absolute atomic E-state index is 0. The summed E-state index contributed by atoms with van der Waals surface area (Å²) >= 11 is 0. The van der Waals surface area contributed by atoms with E-state index in [2.05, 4.69) is 15.2 Å². The van der Waals surface area contributed by atoms with Gasteiger partial charge in [-0.15, -0.1) is 24.0 Å². The molecule has 0 spiro atoms. The summed E-state index contributed by atoms with van der Waals surface area (Å²) in [7, 11) is 3.40. The fraction of sp³-hybridized carbons (Fsp3) is 0.895. The second kappa shape index (κ2) is 12.2. The van der Waals surface area contributed by atoms with E-state index in [-0.39, 0.29) is 42.3 Å². The summed E-state index contributed by atoms with van der Waals surface area (Å²) in [6.45, 7) is 3.22. The molecule has 1 N–H and O–H groups in total. The highest BCUT2D eigenvalue weighted by molar-refractivity contribution is 14.0. The highest BCUT2D eigenvalue weighted by Crippen LogP contribution is 2.23. The van der Waals surface area contributed by atoms with Gasteiger partial charge in [-0.2, -0.15) is 13.2 Å². The Bertz CT molecular complexity index is 538. The number of carbonyl (C=O) groups excluding carboxylic acids is 1. The highest BCUT2D eigenvalue weighted by atomic mass is 127. The van der Waals surface area contributed by atoms with Gasteiger partial charge in [-0.1, -0.05) is 19.8 Å². The molecular formula is C19H35F3IN5O. The van der Waals surface area contributed by atoms with Crippen LogP contribution in [0.5, 0.6) is 0 Å². The van der Waals surface area contributed by atoms with Crippen LogP contribution in [-0.4, -0.2) is 92.1 Å². The van der Waals surface area contributed by atoms with Gasteiger partial charge >= 0.3 is 6.18 Å². The van der Waals surface area contributed by atoms with E-state index in [1.807, 2.05) is 0 Å². The number of likely N-dealkylation sites (N-methyl/N-ethyl adjacent to an activating group) is 1. The van der Waals surface area contributed by atoms with Crippen molar-refractivity contribution in [2.24, 2.45) is 10.9 Å². The molecule has 1 saturated carbocycles. The van der Waals surface area contributed by atoms with Crippen molar-refractivity contribution in [2.45, 2.75) is 51.2 Å². The normalized spacial score (nSPS) is 20.9. The lowest BCUT2D eigenvalue weighted by Crippen LogP contribution is -2.45. The zero-order chi connectivity index (χ0) is 20.7. The lowest BCUT2D eigenvalue weighted by Gasteiger charge is -2.27. The zero-order valence-corrected chi connectivity index (χ0v) is 20.0. The monoisotopic (exact) mass is 533 g/mol. The third kappa shape index (κ3) is 9.27. The second-order valence-electron chi connectivity index (χ2n) is 8.10. The van der Waals surface area contributed by atoms with Crippen LogP contribution in [0.4, 0.5) is 13.2 Å². The van der Waals surface area contributed by atoms with Gasteiger partial charge in [0.15, 0.2) is 5.96 Å². The number of nitrogens with one attached hydrogen (secondary N) is 1. The van der Waals surface area contributed by atoms with E-state index in [1.165, 1.54) is 22.6 Å². The van der Waals surface area contributed by atoms with E-state index >= 15 is 0 Å². The van der Waals surface area contributed by atoms with Gasteiger partial charge in [0.2, 0.25) is 5.91 Å². The number of halogens is 4. The number of likely N-dealkylation sites (tertiary alicyclic amines) is 1. The van der Waals surface area contributed by atoms with Crippen LogP contribution in [-0.2, 0) is 4.79 Å². The number of aliphatic imine (C=N–C) groups is 1. The maximum absolute atomic E-state index is 12.7. The van der Waals surface area contributed by atoms with Crippen LogP contribution in [0.3, 0.4) is 0 Å². The molecule has 6 nitrogen and oxygen atoms in total. The summed E-state index contributed by atoms with van der Waals surface area (Å²) in [5.41, 5.74) is 0. The minimum atomic E-state index is -4.17. The predicted molar refractivity (Wildman–Crippen MR) is 120 cm³/mol. The zero-order valence-electron chi connectivity index (χ0n) is 17.7. The molecule has 2 aliphatic rings. The Hall–Kier alpha value is -0.780. The quantitative estimate of drug-likeness (QED) is 0.311. The van der Waals surface area contributed by atoms with Crippen LogP contribution >= 0.6 is 24.0 Å². The Labute approximate surface area is 189 Å². The largest absolute Gasteiger partial charge is 0.401 e. The van der Waals surface area contributed by atoms with Crippen LogP contribution in [0.25, 0.3) is 0 Å². The van der Waals surface area contributed by atoms with Gasteiger partial charge in [0, 0.05) is 39.8 Å². The van der Waals surface area contributed by atoms with Crippen LogP contribution in [0.1, 0.15) is 39.0 Å². The minimum Gasteiger partial charge on any atom is -0.353 e. The number of rotatable bonds is 7. The van der Waals surface area contributed by atoms with Gasteiger partial charge in [0.25, 0.3) is 0 Å². The number of guanidine groups is 1. The van der Waals surface area contributed by atoms with Crippen molar-refractivity contribution in [3.63, 3.8) is 0 Å². The van der Waals surface area contributed by atoms with Crippen molar-refractivity contribution in [3.8, 4) is 0 Å². The predicted octanol–water partition coefficient (Wildman–Crippen LogP) is 2.79. The fourth-order valence-electron chi connectivity index (χ4n) is 3.87. The van der Waals surface area contributed by atoms with Gasteiger partial charge in [-0.3, -0.25) is 9.69 Å². The first-order valence-corrected chi connectivity index (χ1v) is 10.2. The first-order valence-electron chi connectivity index (χ1n) is 10.2. The molecule has 1 unspecified atom stereocenters. The van der Waals surface area contributed by atoms with Gasteiger partial charge in [-0.05, 0) is 31.7 Å². The molecule has 1 amide bonds. The van der Waals surface area contributed by atoms with Crippen molar-refractivity contribution >= 4 is 35.8 Å². The van der Waals surface area contributed by atoms with Gasteiger partial charge in [0.1, 0.15) is 6.54 Å². The molecule has 170 valence electrons. The van der Waals surface area contributed by atoms with Gasteiger partial charge < -0.3 is 15.1 Å². The average Bonchev–Trinajstić information content (AvgIpc) is 3.28. The summed E-state index contributed by atoms with van der Waals surface area (Å²) < 4.78 is 38.2. The first-order chi connectivity index (χ1) is 13.2. The first kappa shape index (κ1) is 26.3. The number of hydrogen-bond acceptors (Lipinski definition) is 3. The third-order valence-corrected chi connectivity index (χ3v) is 5.50. The summed E-state index contributed by atoms with van der Waals surface area (Å²) in [5, 5.41) is 3.49. The average molecular weight is 533 g/mol. The molecular weight excluding hydrogens is 498 g/mol. The Morgan fingerprint density at radius 2 is 1.86 bits per heavy atom. The van der Waals surface area contributed by atoms with E-state index in [0.717, 1.165) is 31.8 Å². The Morgan fingerprint density at radius 1 is 1.21 bits per heavy atom. The fourth-order valence-corrected chi connectivity index (χ4v) is 3.87.